The average Bonchev–Trinajstić information content (AvgIpc) is 3.07. The number of hydrogen-bond acceptors (Lipinski definition) is 15. The number of carbonyl (C=O) groups is 5. The zero-order valence-corrected chi connectivity index (χ0v) is 35.9. The lowest BCUT2D eigenvalue weighted by Gasteiger charge is -2.46. The maximum absolute atomic E-state index is 13.5. The Kier molecular flexibility index (Phi) is 22.0. The van der Waals surface area contributed by atoms with Crippen LogP contribution in [0.1, 0.15) is 109 Å². The number of nitrogens with one attached hydrogen (secondary N) is 1. The Morgan fingerprint density at radius 1 is 0.536 bits per heavy atom. The Morgan fingerprint density at radius 2 is 0.964 bits per heavy atom. The van der Waals surface area contributed by atoms with Crippen LogP contribution in [0.3, 0.4) is 0 Å². The van der Waals surface area contributed by atoms with Gasteiger partial charge in [0.15, 0.2) is 12.2 Å². The van der Waals surface area contributed by atoms with Crippen LogP contribution in [0.5, 0.6) is 0 Å². The summed E-state index contributed by atoms with van der Waals surface area (Å²) >= 11 is 0. The van der Waals surface area contributed by atoms with E-state index in [0.717, 1.165) is 0 Å². The highest BCUT2D eigenvalue weighted by atomic mass is 16.7. The standard InChI is InChI=1S/C40H71NO15/c1-37(2,3)33(44)52-26-27-30(54-34(45)38(4,5)6)31(55-35(46)39(7,8)9)29(32(53-27)56-36(47)40(10,11)12)41-28(43)16-14-13-15-18-48-20-22-50-24-25-51-23-21-49-19-17-42/h27,29-32,42H,13-26H2,1-12H3,(H,41,43)/t27-,29?,30+,31-,32?/m1/s1. The quantitative estimate of drug-likeness (QED) is 0.0855. The predicted molar refractivity (Wildman–Crippen MR) is 204 cm³/mol. The summed E-state index contributed by atoms with van der Waals surface area (Å²) in [5, 5.41) is 11.5. The first kappa shape index (κ1) is 51.1. The highest BCUT2D eigenvalue weighted by Crippen LogP contribution is 2.33. The summed E-state index contributed by atoms with van der Waals surface area (Å²) in [5.41, 5.74) is -3.88. The van der Waals surface area contributed by atoms with Gasteiger partial charge in [0, 0.05) is 13.0 Å². The molecular weight excluding hydrogens is 734 g/mol. The highest BCUT2D eigenvalue weighted by molar-refractivity contribution is 5.79. The van der Waals surface area contributed by atoms with Crippen LogP contribution in [0.15, 0.2) is 0 Å². The van der Waals surface area contributed by atoms with Crippen molar-refractivity contribution in [3.63, 3.8) is 0 Å². The van der Waals surface area contributed by atoms with Crippen molar-refractivity contribution in [1.82, 2.24) is 5.32 Å². The van der Waals surface area contributed by atoms with Crippen molar-refractivity contribution in [3.05, 3.63) is 0 Å². The topological polar surface area (TPSA) is 201 Å². The van der Waals surface area contributed by atoms with Crippen LogP contribution < -0.4 is 5.32 Å². The van der Waals surface area contributed by atoms with Crippen molar-refractivity contribution < 1.29 is 71.7 Å². The van der Waals surface area contributed by atoms with Crippen molar-refractivity contribution in [3.8, 4) is 0 Å². The van der Waals surface area contributed by atoms with Crippen LogP contribution in [-0.2, 0) is 66.6 Å². The Bertz CT molecular complexity index is 1210. The van der Waals surface area contributed by atoms with E-state index in [9.17, 15) is 24.0 Å². The third kappa shape index (κ3) is 20.0. The first-order chi connectivity index (χ1) is 25.9. The van der Waals surface area contributed by atoms with Gasteiger partial charge in [-0.2, -0.15) is 0 Å². The Labute approximate surface area is 333 Å². The van der Waals surface area contributed by atoms with Crippen LogP contribution in [0, 0.1) is 21.7 Å². The molecule has 0 saturated carbocycles. The number of hydrogen-bond donors (Lipinski definition) is 2. The van der Waals surface area contributed by atoms with Gasteiger partial charge in [-0.15, -0.1) is 0 Å². The Balaban J connectivity index is 3.10. The molecule has 56 heavy (non-hydrogen) atoms. The van der Waals surface area contributed by atoms with E-state index in [2.05, 4.69) is 5.32 Å². The number of carbonyl (C=O) groups excluding carboxylic acids is 5. The van der Waals surface area contributed by atoms with Crippen molar-refractivity contribution in [1.29, 1.82) is 0 Å². The summed E-state index contributed by atoms with van der Waals surface area (Å²) in [6.45, 7) is 22.6. The maximum Gasteiger partial charge on any atom is 0.313 e. The summed E-state index contributed by atoms with van der Waals surface area (Å²) < 4.78 is 51.3. The molecule has 0 aliphatic carbocycles. The molecule has 1 fully saturated rings. The molecule has 0 radical (unpaired) electrons. The lowest BCUT2D eigenvalue weighted by atomic mass is 9.92. The van der Waals surface area contributed by atoms with Gasteiger partial charge in [-0.1, -0.05) is 6.42 Å². The van der Waals surface area contributed by atoms with E-state index in [1.807, 2.05) is 0 Å². The monoisotopic (exact) mass is 805 g/mol. The second-order valence-corrected chi connectivity index (χ2v) is 17.9. The molecule has 16 heteroatoms. The number of esters is 4. The van der Waals surface area contributed by atoms with Crippen LogP contribution >= 0.6 is 0 Å². The van der Waals surface area contributed by atoms with E-state index in [4.69, 9.17) is 47.7 Å². The van der Waals surface area contributed by atoms with Crippen LogP contribution in [0.25, 0.3) is 0 Å². The summed E-state index contributed by atoms with van der Waals surface area (Å²) in [5.74, 6) is -3.02. The van der Waals surface area contributed by atoms with E-state index in [1.54, 1.807) is 83.1 Å². The summed E-state index contributed by atoms with van der Waals surface area (Å²) in [7, 11) is 0. The zero-order chi connectivity index (χ0) is 42.7. The molecule has 0 bridgehead atoms. The van der Waals surface area contributed by atoms with E-state index >= 15 is 0 Å². The summed E-state index contributed by atoms with van der Waals surface area (Å²) in [4.78, 5) is 66.4. The molecule has 2 N–H and O–H groups in total. The minimum atomic E-state index is -1.51. The van der Waals surface area contributed by atoms with Gasteiger partial charge in [0.05, 0.1) is 74.5 Å². The van der Waals surface area contributed by atoms with Crippen molar-refractivity contribution in [2.24, 2.45) is 21.7 Å². The van der Waals surface area contributed by atoms with E-state index in [0.29, 0.717) is 65.5 Å². The number of unbranched alkanes of at least 4 members (excludes halogenated alkanes) is 2. The van der Waals surface area contributed by atoms with Crippen molar-refractivity contribution >= 4 is 29.8 Å². The lowest BCUT2D eigenvalue weighted by molar-refractivity contribution is -0.277. The van der Waals surface area contributed by atoms with Gasteiger partial charge >= 0.3 is 23.9 Å². The lowest BCUT2D eigenvalue weighted by Crippen LogP contribution is -2.67. The van der Waals surface area contributed by atoms with Crippen LogP contribution in [0.2, 0.25) is 0 Å². The van der Waals surface area contributed by atoms with Crippen molar-refractivity contribution in [2.45, 2.75) is 139 Å². The molecule has 1 saturated heterocycles. The highest BCUT2D eigenvalue weighted by Gasteiger charge is 2.54. The molecule has 0 aromatic heterocycles. The summed E-state index contributed by atoms with van der Waals surface area (Å²) in [6.07, 6.45) is -3.63. The smallest absolute Gasteiger partial charge is 0.313 e. The molecule has 1 heterocycles. The normalized spacial score (nSPS) is 20.6. The minimum Gasteiger partial charge on any atom is -0.462 e. The number of aliphatic hydroxyl groups excluding tert-OH is 1. The second kappa shape index (κ2) is 24.1. The molecule has 2 unspecified atom stereocenters. The molecule has 0 spiro atoms. The Hall–Kier alpha value is -2.89. The largest absolute Gasteiger partial charge is 0.462 e. The second-order valence-electron chi connectivity index (χ2n) is 17.9. The van der Waals surface area contributed by atoms with E-state index in [1.165, 1.54) is 0 Å². The third-order valence-corrected chi connectivity index (χ3v) is 8.06. The molecule has 0 aromatic rings. The van der Waals surface area contributed by atoms with Crippen molar-refractivity contribution in [2.75, 3.05) is 66.1 Å². The maximum atomic E-state index is 13.5. The third-order valence-electron chi connectivity index (χ3n) is 8.06. The minimum absolute atomic E-state index is 0.0214. The molecule has 0 aromatic carbocycles. The van der Waals surface area contributed by atoms with Gasteiger partial charge in [0.2, 0.25) is 12.2 Å². The van der Waals surface area contributed by atoms with Gasteiger partial charge in [-0.3, -0.25) is 24.0 Å². The number of ether oxygens (including phenoxy) is 9. The first-order valence-corrected chi connectivity index (χ1v) is 19.6. The molecule has 5 atom stereocenters. The van der Waals surface area contributed by atoms with Gasteiger partial charge in [-0.05, 0) is 95.9 Å². The van der Waals surface area contributed by atoms with Gasteiger partial charge < -0.3 is 53.1 Å². The number of aliphatic hydroxyl groups is 1. The molecule has 1 rings (SSSR count). The molecule has 326 valence electrons. The SMILES string of the molecule is CC(C)(C)C(=O)OC[C@H]1OC(OC(=O)C(C)(C)C)C(NC(=O)CCCCCOCCOCCOCCOCCO)[C@@H](OC(=O)C(C)(C)C)[C@H]1OC(=O)C(C)(C)C. The van der Waals surface area contributed by atoms with Crippen LogP contribution in [0.4, 0.5) is 0 Å². The number of rotatable bonds is 23. The number of amides is 1. The van der Waals surface area contributed by atoms with Gasteiger partial charge in [0.1, 0.15) is 18.8 Å². The molecule has 1 amide bonds. The summed E-state index contributed by atoms with van der Waals surface area (Å²) in [6, 6.07) is -1.30. The average molecular weight is 806 g/mol. The van der Waals surface area contributed by atoms with Crippen LogP contribution in [-0.4, -0.2) is 132 Å². The molecule has 1 aliphatic heterocycles. The molecule has 16 nitrogen and oxygen atoms in total. The van der Waals surface area contributed by atoms with E-state index < -0.39 is 88.7 Å². The van der Waals surface area contributed by atoms with Gasteiger partial charge in [0.25, 0.3) is 0 Å². The fourth-order valence-electron chi connectivity index (χ4n) is 4.58. The van der Waals surface area contributed by atoms with Gasteiger partial charge in [-0.25, -0.2) is 0 Å². The molecular formula is C40H71NO15. The predicted octanol–water partition coefficient (Wildman–Crippen LogP) is 3.91. The van der Waals surface area contributed by atoms with E-state index in [-0.39, 0.29) is 19.6 Å². The first-order valence-electron chi connectivity index (χ1n) is 19.6. The fourth-order valence-corrected chi connectivity index (χ4v) is 4.58. The molecule has 1 aliphatic rings. The Morgan fingerprint density at radius 3 is 1.43 bits per heavy atom. The zero-order valence-electron chi connectivity index (χ0n) is 35.9. The fraction of sp³-hybridized carbons (Fsp3) is 0.875.